The van der Waals surface area contributed by atoms with Crippen LogP contribution in [0.1, 0.15) is 32.8 Å². The zero-order valence-corrected chi connectivity index (χ0v) is 12.9. The summed E-state index contributed by atoms with van der Waals surface area (Å²) in [5.41, 5.74) is 0.621. The van der Waals surface area contributed by atoms with Gasteiger partial charge in [-0.1, -0.05) is 32.6 Å². The minimum absolute atomic E-state index is 0.0240. The van der Waals surface area contributed by atoms with Gasteiger partial charge in [0.15, 0.2) is 0 Å². The molecule has 0 spiro atoms. The topological polar surface area (TPSA) is 66.4 Å². The van der Waals surface area contributed by atoms with Gasteiger partial charge in [0.25, 0.3) is 0 Å². The lowest BCUT2D eigenvalue weighted by Gasteiger charge is -2.18. The maximum Gasteiger partial charge on any atom is 0.240 e. The average molecular weight is 295 g/mol. The monoisotopic (exact) mass is 295 g/mol. The first-order valence-electron chi connectivity index (χ1n) is 6.44. The summed E-state index contributed by atoms with van der Waals surface area (Å²) in [5.74, 6) is 5.64. The predicted octanol–water partition coefficient (Wildman–Crippen LogP) is 1.74. The predicted molar refractivity (Wildman–Crippen MR) is 79.7 cm³/mol. The molecule has 1 aromatic carbocycles. The summed E-state index contributed by atoms with van der Waals surface area (Å²) in [5, 5.41) is 8.63. The largest absolute Gasteiger partial charge is 0.395 e. The highest BCUT2D eigenvalue weighted by atomic mass is 32.2. The normalized spacial score (nSPS) is 11.8. The Hall–Kier alpha value is -1.35. The highest BCUT2D eigenvalue weighted by Crippen LogP contribution is 2.14. The molecule has 2 N–H and O–H groups in total. The number of nitrogens with one attached hydrogen (secondary N) is 1. The number of hydrogen-bond donors (Lipinski definition) is 2. The molecule has 0 aromatic heterocycles. The third-order valence-electron chi connectivity index (χ3n) is 2.43. The fourth-order valence-electron chi connectivity index (χ4n) is 1.33. The number of aliphatic hydroxyl groups is 1. The van der Waals surface area contributed by atoms with Crippen LogP contribution in [0.25, 0.3) is 0 Å². The molecule has 0 heterocycles. The Morgan fingerprint density at radius 1 is 1.20 bits per heavy atom. The van der Waals surface area contributed by atoms with Gasteiger partial charge in [0.2, 0.25) is 10.0 Å². The van der Waals surface area contributed by atoms with Crippen molar-refractivity contribution in [3.05, 3.63) is 29.8 Å². The molecule has 5 heteroatoms. The lowest BCUT2D eigenvalue weighted by Crippen LogP contribution is -2.32. The van der Waals surface area contributed by atoms with Crippen LogP contribution in [0.5, 0.6) is 0 Å². The molecule has 0 aliphatic heterocycles. The molecule has 20 heavy (non-hydrogen) atoms. The smallest absolute Gasteiger partial charge is 0.240 e. The number of hydrogen-bond acceptors (Lipinski definition) is 3. The molecule has 0 atom stereocenters. The van der Waals surface area contributed by atoms with Crippen LogP contribution in [0.15, 0.2) is 29.2 Å². The van der Waals surface area contributed by atoms with Crippen molar-refractivity contribution in [3.8, 4) is 11.8 Å². The van der Waals surface area contributed by atoms with Crippen molar-refractivity contribution < 1.29 is 13.5 Å². The zero-order chi connectivity index (χ0) is 15.2. The minimum Gasteiger partial charge on any atom is -0.395 e. The van der Waals surface area contributed by atoms with E-state index in [1.807, 2.05) is 20.8 Å². The van der Waals surface area contributed by atoms with Gasteiger partial charge in [-0.3, -0.25) is 0 Å². The van der Waals surface area contributed by atoms with Crippen LogP contribution in [0.3, 0.4) is 0 Å². The third-order valence-corrected chi connectivity index (χ3v) is 3.84. The Bertz CT molecular complexity index is 587. The van der Waals surface area contributed by atoms with E-state index in [2.05, 4.69) is 16.6 Å². The Labute approximate surface area is 121 Å². The summed E-state index contributed by atoms with van der Waals surface area (Å²) in [6.45, 7) is 6.31. The fraction of sp³-hybridized carbons (Fsp3) is 0.467. The Kier molecular flexibility index (Phi) is 5.75. The van der Waals surface area contributed by atoms with Crippen molar-refractivity contribution >= 4 is 10.0 Å². The second-order valence-electron chi connectivity index (χ2n) is 5.68. The highest BCUT2D eigenvalue weighted by Gasteiger charge is 2.18. The van der Waals surface area contributed by atoms with E-state index in [1.54, 1.807) is 12.1 Å². The molecule has 0 bridgehead atoms. The first kappa shape index (κ1) is 16.7. The van der Waals surface area contributed by atoms with E-state index >= 15 is 0 Å². The molecular formula is C15H21NO3S. The van der Waals surface area contributed by atoms with E-state index in [4.69, 9.17) is 5.11 Å². The molecule has 1 rings (SSSR count). The van der Waals surface area contributed by atoms with Gasteiger partial charge in [0.1, 0.15) is 0 Å². The molecule has 0 radical (unpaired) electrons. The first-order chi connectivity index (χ1) is 9.24. The van der Waals surface area contributed by atoms with Gasteiger partial charge in [0.05, 0.1) is 11.5 Å². The van der Waals surface area contributed by atoms with Crippen LogP contribution in [0.4, 0.5) is 0 Å². The van der Waals surface area contributed by atoms with Crippen LogP contribution in [0.2, 0.25) is 0 Å². The summed E-state index contributed by atoms with van der Waals surface area (Å²) in [4.78, 5) is 0.231. The van der Waals surface area contributed by atoms with Gasteiger partial charge in [-0.2, -0.15) is 0 Å². The van der Waals surface area contributed by atoms with Gasteiger partial charge in [0, 0.05) is 18.5 Å². The standard InChI is InChI=1S/C15H21NO3S/c1-15(2,3)12-16-20(18,19)14-9-7-13(8-10-14)6-4-5-11-17/h7-10,16-17H,5,11-12H2,1-3H3. The van der Waals surface area contributed by atoms with Crippen molar-refractivity contribution in [1.29, 1.82) is 0 Å². The van der Waals surface area contributed by atoms with E-state index in [0.717, 1.165) is 5.56 Å². The van der Waals surface area contributed by atoms with E-state index < -0.39 is 10.0 Å². The molecule has 0 fully saturated rings. The number of aliphatic hydroxyl groups excluding tert-OH is 1. The molecule has 110 valence electrons. The fourth-order valence-corrected chi connectivity index (χ4v) is 2.62. The second kappa shape index (κ2) is 6.89. The maximum absolute atomic E-state index is 12.1. The van der Waals surface area contributed by atoms with Gasteiger partial charge in [-0.15, -0.1) is 0 Å². The Morgan fingerprint density at radius 3 is 2.30 bits per heavy atom. The third kappa shape index (κ3) is 5.74. The van der Waals surface area contributed by atoms with Gasteiger partial charge < -0.3 is 5.11 Å². The van der Waals surface area contributed by atoms with E-state index in [9.17, 15) is 8.42 Å². The van der Waals surface area contributed by atoms with Crippen molar-refractivity contribution in [3.63, 3.8) is 0 Å². The average Bonchev–Trinajstić information content (AvgIpc) is 2.37. The molecule has 0 aliphatic rings. The molecule has 0 saturated carbocycles. The van der Waals surface area contributed by atoms with Crippen molar-refractivity contribution in [2.75, 3.05) is 13.2 Å². The van der Waals surface area contributed by atoms with Crippen molar-refractivity contribution in [1.82, 2.24) is 4.72 Å². The summed E-state index contributed by atoms with van der Waals surface area (Å²) >= 11 is 0. The van der Waals surface area contributed by atoms with Gasteiger partial charge in [-0.25, -0.2) is 13.1 Å². The SMILES string of the molecule is CC(C)(C)CNS(=O)(=O)c1ccc(C#CCCO)cc1. The lowest BCUT2D eigenvalue weighted by atomic mass is 9.98. The first-order valence-corrected chi connectivity index (χ1v) is 7.92. The Balaban J connectivity index is 2.80. The summed E-state index contributed by atoms with van der Waals surface area (Å²) < 4.78 is 26.7. The molecule has 0 aliphatic carbocycles. The second-order valence-corrected chi connectivity index (χ2v) is 7.45. The summed E-state index contributed by atoms with van der Waals surface area (Å²) in [7, 11) is -3.47. The summed E-state index contributed by atoms with van der Waals surface area (Å²) in [6.07, 6.45) is 0.410. The number of rotatable bonds is 4. The molecule has 0 saturated heterocycles. The maximum atomic E-state index is 12.1. The number of benzene rings is 1. The van der Waals surface area contributed by atoms with Crippen LogP contribution < -0.4 is 4.72 Å². The lowest BCUT2D eigenvalue weighted by molar-refractivity contribution is 0.305. The quantitative estimate of drug-likeness (QED) is 0.832. The molecule has 0 amide bonds. The van der Waals surface area contributed by atoms with E-state index in [0.29, 0.717) is 13.0 Å². The van der Waals surface area contributed by atoms with Gasteiger partial charge in [-0.05, 0) is 29.7 Å². The van der Waals surface area contributed by atoms with E-state index in [1.165, 1.54) is 12.1 Å². The van der Waals surface area contributed by atoms with Crippen LogP contribution >= 0.6 is 0 Å². The highest BCUT2D eigenvalue weighted by molar-refractivity contribution is 7.89. The van der Waals surface area contributed by atoms with Crippen molar-refractivity contribution in [2.24, 2.45) is 5.41 Å². The number of sulfonamides is 1. The van der Waals surface area contributed by atoms with Gasteiger partial charge >= 0.3 is 0 Å². The molecular weight excluding hydrogens is 274 g/mol. The molecule has 1 aromatic rings. The van der Waals surface area contributed by atoms with Crippen LogP contribution in [0, 0.1) is 17.3 Å². The van der Waals surface area contributed by atoms with Crippen LogP contribution in [-0.2, 0) is 10.0 Å². The summed E-state index contributed by atoms with van der Waals surface area (Å²) in [6, 6.07) is 6.40. The zero-order valence-electron chi connectivity index (χ0n) is 12.1. The molecule has 4 nitrogen and oxygen atoms in total. The Morgan fingerprint density at radius 2 is 1.80 bits per heavy atom. The van der Waals surface area contributed by atoms with Crippen LogP contribution in [-0.4, -0.2) is 26.7 Å². The van der Waals surface area contributed by atoms with Crippen molar-refractivity contribution in [2.45, 2.75) is 32.1 Å². The minimum atomic E-state index is -3.47. The van der Waals surface area contributed by atoms with E-state index in [-0.39, 0.29) is 16.9 Å². The molecule has 0 unspecified atom stereocenters.